The SMILES string of the molecule is COC(=O)c1ccc2c(c1)N(C)c1ccccc1C(=O)N2CCNCc1ccccc1. The molecule has 1 N–H and O–H groups in total. The van der Waals surface area contributed by atoms with Crippen LogP contribution in [0.2, 0.25) is 0 Å². The van der Waals surface area contributed by atoms with Crippen molar-refractivity contribution in [2.45, 2.75) is 6.54 Å². The third-order valence-corrected chi connectivity index (χ3v) is 5.47. The van der Waals surface area contributed by atoms with E-state index in [1.165, 1.54) is 12.7 Å². The van der Waals surface area contributed by atoms with Gasteiger partial charge < -0.3 is 19.9 Å². The molecule has 0 saturated carbocycles. The Morgan fingerprint density at radius 2 is 1.68 bits per heavy atom. The molecule has 0 aromatic heterocycles. The van der Waals surface area contributed by atoms with Crippen LogP contribution in [0.3, 0.4) is 0 Å². The third kappa shape index (κ3) is 4.15. The highest BCUT2D eigenvalue weighted by atomic mass is 16.5. The maximum Gasteiger partial charge on any atom is 0.337 e. The highest BCUT2D eigenvalue weighted by Gasteiger charge is 2.29. The van der Waals surface area contributed by atoms with Crippen molar-refractivity contribution >= 4 is 28.9 Å². The number of rotatable bonds is 6. The Bertz CT molecular complexity index is 1100. The topological polar surface area (TPSA) is 61.9 Å². The highest BCUT2D eigenvalue weighted by Crippen LogP contribution is 2.40. The predicted octanol–water partition coefficient (Wildman–Crippen LogP) is 3.99. The highest BCUT2D eigenvalue weighted by molar-refractivity contribution is 6.14. The van der Waals surface area contributed by atoms with E-state index in [9.17, 15) is 9.59 Å². The van der Waals surface area contributed by atoms with Crippen LogP contribution in [-0.2, 0) is 11.3 Å². The fourth-order valence-corrected chi connectivity index (χ4v) is 3.84. The fraction of sp³-hybridized carbons (Fsp3) is 0.200. The summed E-state index contributed by atoms with van der Waals surface area (Å²) in [7, 11) is 3.27. The standard InChI is InChI=1S/C25H25N3O3/c1-27-21-11-7-6-10-20(21)24(29)28(15-14-26-17-18-8-4-3-5-9-18)22-13-12-19(16-23(22)27)25(30)31-2/h3-13,16,26H,14-15,17H2,1-2H3. The van der Waals surface area contributed by atoms with Gasteiger partial charge in [-0.05, 0) is 35.9 Å². The zero-order valence-electron chi connectivity index (χ0n) is 17.7. The van der Waals surface area contributed by atoms with E-state index in [1.807, 2.05) is 60.5 Å². The van der Waals surface area contributed by atoms with Gasteiger partial charge in [0, 0.05) is 26.7 Å². The minimum Gasteiger partial charge on any atom is -0.465 e. The first-order valence-corrected chi connectivity index (χ1v) is 10.2. The summed E-state index contributed by atoms with van der Waals surface area (Å²) in [5.41, 5.74) is 4.61. The molecule has 0 radical (unpaired) electrons. The summed E-state index contributed by atoms with van der Waals surface area (Å²) in [6.07, 6.45) is 0. The van der Waals surface area contributed by atoms with Crippen molar-refractivity contribution in [2.24, 2.45) is 0 Å². The molecule has 1 heterocycles. The van der Waals surface area contributed by atoms with Crippen molar-refractivity contribution in [1.82, 2.24) is 5.32 Å². The van der Waals surface area contributed by atoms with Gasteiger partial charge in [-0.1, -0.05) is 42.5 Å². The number of carbonyl (C=O) groups excluding carboxylic acids is 2. The first-order chi connectivity index (χ1) is 15.1. The normalized spacial score (nSPS) is 12.8. The summed E-state index contributed by atoms with van der Waals surface area (Å²) in [6, 6.07) is 23.0. The molecule has 0 bridgehead atoms. The number of carbonyl (C=O) groups is 2. The summed E-state index contributed by atoms with van der Waals surface area (Å²) in [5, 5.41) is 3.41. The lowest BCUT2D eigenvalue weighted by molar-refractivity contribution is 0.0600. The van der Waals surface area contributed by atoms with Crippen molar-refractivity contribution in [1.29, 1.82) is 0 Å². The quantitative estimate of drug-likeness (QED) is 0.487. The minimum absolute atomic E-state index is 0.0615. The van der Waals surface area contributed by atoms with Crippen LogP contribution in [0.25, 0.3) is 0 Å². The number of para-hydroxylation sites is 1. The monoisotopic (exact) mass is 415 g/mol. The number of benzene rings is 3. The molecule has 6 heteroatoms. The molecule has 31 heavy (non-hydrogen) atoms. The molecular formula is C25H25N3O3. The number of amides is 1. The molecule has 0 aliphatic carbocycles. The molecule has 0 atom stereocenters. The Morgan fingerprint density at radius 1 is 0.935 bits per heavy atom. The van der Waals surface area contributed by atoms with E-state index in [0.29, 0.717) is 24.2 Å². The number of nitrogens with zero attached hydrogens (tertiary/aromatic N) is 2. The van der Waals surface area contributed by atoms with Gasteiger partial charge in [0.25, 0.3) is 5.91 Å². The maximum atomic E-state index is 13.5. The van der Waals surface area contributed by atoms with E-state index in [0.717, 1.165) is 23.6 Å². The molecule has 3 aromatic carbocycles. The van der Waals surface area contributed by atoms with Crippen LogP contribution in [0.4, 0.5) is 17.1 Å². The van der Waals surface area contributed by atoms with E-state index in [1.54, 1.807) is 17.0 Å². The number of nitrogens with one attached hydrogen (secondary N) is 1. The second kappa shape index (κ2) is 9.02. The Hall–Kier alpha value is -3.64. The van der Waals surface area contributed by atoms with Crippen LogP contribution < -0.4 is 15.1 Å². The van der Waals surface area contributed by atoms with Gasteiger partial charge in [-0.15, -0.1) is 0 Å². The molecule has 1 aliphatic heterocycles. The molecule has 6 nitrogen and oxygen atoms in total. The molecule has 1 amide bonds. The van der Waals surface area contributed by atoms with Gasteiger partial charge in [-0.3, -0.25) is 4.79 Å². The van der Waals surface area contributed by atoms with Gasteiger partial charge in [0.1, 0.15) is 0 Å². The van der Waals surface area contributed by atoms with E-state index in [-0.39, 0.29) is 5.91 Å². The van der Waals surface area contributed by atoms with Crippen molar-refractivity contribution < 1.29 is 14.3 Å². The number of esters is 1. The number of hydrogen-bond acceptors (Lipinski definition) is 5. The van der Waals surface area contributed by atoms with E-state index in [2.05, 4.69) is 17.4 Å². The molecular weight excluding hydrogens is 390 g/mol. The van der Waals surface area contributed by atoms with Gasteiger partial charge in [0.05, 0.1) is 35.3 Å². The largest absolute Gasteiger partial charge is 0.465 e. The Kier molecular flexibility index (Phi) is 6.00. The number of hydrogen-bond donors (Lipinski definition) is 1. The molecule has 0 spiro atoms. The molecule has 0 saturated heterocycles. The van der Waals surface area contributed by atoms with Gasteiger partial charge in [0.2, 0.25) is 0 Å². The summed E-state index contributed by atoms with van der Waals surface area (Å²) < 4.78 is 4.88. The lowest BCUT2D eigenvalue weighted by atomic mass is 10.1. The Morgan fingerprint density at radius 3 is 2.45 bits per heavy atom. The van der Waals surface area contributed by atoms with E-state index >= 15 is 0 Å². The van der Waals surface area contributed by atoms with Crippen molar-refractivity contribution in [3.63, 3.8) is 0 Å². The smallest absolute Gasteiger partial charge is 0.337 e. The van der Waals surface area contributed by atoms with Crippen LogP contribution in [0.15, 0.2) is 72.8 Å². The van der Waals surface area contributed by atoms with Crippen LogP contribution in [-0.4, -0.2) is 39.1 Å². The van der Waals surface area contributed by atoms with Gasteiger partial charge in [-0.2, -0.15) is 0 Å². The molecule has 3 aromatic rings. The first kappa shape index (κ1) is 20.6. The lowest BCUT2D eigenvalue weighted by Crippen LogP contribution is -2.36. The van der Waals surface area contributed by atoms with E-state index in [4.69, 9.17) is 4.74 Å². The van der Waals surface area contributed by atoms with E-state index < -0.39 is 5.97 Å². The van der Waals surface area contributed by atoms with Crippen LogP contribution >= 0.6 is 0 Å². The minimum atomic E-state index is -0.406. The number of methoxy groups -OCH3 is 1. The second-order valence-electron chi connectivity index (χ2n) is 7.39. The van der Waals surface area contributed by atoms with Crippen molar-refractivity contribution in [2.75, 3.05) is 37.0 Å². The Labute approximate surface area is 182 Å². The zero-order chi connectivity index (χ0) is 21.8. The molecule has 0 unspecified atom stereocenters. The average molecular weight is 415 g/mol. The number of fused-ring (bicyclic) bond motifs is 2. The van der Waals surface area contributed by atoms with Crippen LogP contribution in [0.1, 0.15) is 26.3 Å². The van der Waals surface area contributed by atoms with Crippen LogP contribution in [0, 0.1) is 0 Å². The fourth-order valence-electron chi connectivity index (χ4n) is 3.84. The molecule has 1 aliphatic rings. The number of ether oxygens (including phenoxy) is 1. The summed E-state index contributed by atoms with van der Waals surface area (Å²) in [5.74, 6) is -0.468. The second-order valence-corrected chi connectivity index (χ2v) is 7.39. The lowest BCUT2D eigenvalue weighted by Gasteiger charge is -2.25. The summed E-state index contributed by atoms with van der Waals surface area (Å²) >= 11 is 0. The van der Waals surface area contributed by atoms with Crippen molar-refractivity contribution in [3.8, 4) is 0 Å². The zero-order valence-corrected chi connectivity index (χ0v) is 17.7. The first-order valence-electron chi connectivity index (χ1n) is 10.2. The average Bonchev–Trinajstić information content (AvgIpc) is 2.91. The van der Waals surface area contributed by atoms with Crippen molar-refractivity contribution in [3.05, 3.63) is 89.5 Å². The van der Waals surface area contributed by atoms with Gasteiger partial charge in [0.15, 0.2) is 0 Å². The van der Waals surface area contributed by atoms with Gasteiger partial charge >= 0.3 is 5.97 Å². The number of anilines is 3. The summed E-state index contributed by atoms with van der Waals surface area (Å²) in [4.78, 5) is 29.3. The predicted molar refractivity (Wildman–Crippen MR) is 122 cm³/mol. The Balaban J connectivity index is 1.64. The molecule has 4 rings (SSSR count). The third-order valence-electron chi connectivity index (χ3n) is 5.47. The molecule has 158 valence electrons. The molecule has 0 fully saturated rings. The van der Waals surface area contributed by atoms with Gasteiger partial charge in [-0.25, -0.2) is 4.79 Å². The van der Waals surface area contributed by atoms with Crippen LogP contribution in [0.5, 0.6) is 0 Å². The maximum absolute atomic E-state index is 13.5. The summed E-state index contributed by atoms with van der Waals surface area (Å²) in [6.45, 7) is 1.86.